The van der Waals surface area contributed by atoms with E-state index in [-0.39, 0.29) is 24.1 Å². The summed E-state index contributed by atoms with van der Waals surface area (Å²) in [4.78, 5) is 11.3. The van der Waals surface area contributed by atoms with Gasteiger partial charge < -0.3 is 14.6 Å². The molecule has 0 unspecified atom stereocenters. The number of carbonyl (C=O) groups is 1. The van der Waals surface area contributed by atoms with Crippen LogP contribution in [0.2, 0.25) is 0 Å². The molecular formula is C15H14FNO6S. The number of hydrogen-bond acceptors (Lipinski definition) is 5. The van der Waals surface area contributed by atoms with Gasteiger partial charge in [-0.2, -0.15) is 4.31 Å². The molecule has 1 saturated heterocycles. The van der Waals surface area contributed by atoms with E-state index in [0.29, 0.717) is 4.31 Å². The molecule has 1 aromatic heterocycles. The summed E-state index contributed by atoms with van der Waals surface area (Å²) in [7, 11) is -4.31. The van der Waals surface area contributed by atoms with Gasteiger partial charge in [-0.15, -0.1) is 0 Å². The van der Waals surface area contributed by atoms with Gasteiger partial charge in [0.15, 0.2) is 0 Å². The van der Waals surface area contributed by atoms with Crippen molar-refractivity contribution >= 4 is 16.0 Å². The molecule has 9 heteroatoms. The lowest BCUT2D eigenvalue weighted by Gasteiger charge is -2.21. The summed E-state index contributed by atoms with van der Waals surface area (Å²) in [5.74, 6) is -1.99. The van der Waals surface area contributed by atoms with Crippen LogP contribution < -0.4 is 0 Å². The number of carboxylic acids is 1. The number of halogens is 1. The Morgan fingerprint density at radius 2 is 2.08 bits per heavy atom. The molecule has 0 radical (unpaired) electrons. The van der Waals surface area contributed by atoms with E-state index in [0.717, 1.165) is 12.3 Å². The molecule has 128 valence electrons. The SMILES string of the molecule is O=C(O)[C@@H]1[C@@H](O)CCN1S(=O)(=O)c1occc1-c1cccc(F)c1. The first-order chi connectivity index (χ1) is 11.3. The van der Waals surface area contributed by atoms with Crippen molar-refractivity contribution in [3.8, 4) is 11.1 Å². The predicted molar refractivity (Wildman–Crippen MR) is 80.0 cm³/mol. The first-order valence-electron chi connectivity index (χ1n) is 7.08. The molecule has 2 N–H and O–H groups in total. The van der Waals surface area contributed by atoms with Crippen LogP contribution in [-0.2, 0) is 14.8 Å². The summed E-state index contributed by atoms with van der Waals surface area (Å²) in [6.07, 6.45) is -0.161. The zero-order chi connectivity index (χ0) is 17.5. The van der Waals surface area contributed by atoms with Crippen molar-refractivity contribution in [2.75, 3.05) is 6.54 Å². The fourth-order valence-corrected chi connectivity index (χ4v) is 4.51. The Morgan fingerprint density at radius 3 is 2.75 bits per heavy atom. The van der Waals surface area contributed by atoms with Crippen LogP contribution in [0, 0.1) is 5.82 Å². The van der Waals surface area contributed by atoms with Crippen LogP contribution in [0.15, 0.2) is 46.1 Å². The maximum atomic E-state index is 13.4. The van der Waals surface area contributed by atoms with E-state index < -0.39 is 39.0 Å². The van der Waals surface area contributed by atoms with Gasteiger partial charge in [-0.3, -0.25) is 4.79 Å². The third-order valence-electron chi connectivity index (χ3n) is 3.88. The first-order valence-corrected chi connectivity index (χ1v) is 8.52. The van der Waals surface area contributed by atoms with E-state index in [9.17, 15) is 27.8 Å². The van der Waals surface area contributed by atoms with E-state index in [4.69, 9.17) is 4.42 Å². The largest absolute Gasteiger partial charge is 0.480 e. The van der Waals surface area contributed by atoms with Gasteiger partial charge in [0.1, 0.15) is 11.9 Å². The Labute approximate surface area is 137 Å². The summed E-state index contributed by atoms with van der Waals surface area (Å²) >= 11 is 0. The number of aliphatic hydroxyl groups excluding tert-OH is 1. The molecule has 2 heterocycles. The van der Waals surface area contributed by atoms with E-state index in [2.05, 4.69) is 0 Å². The highest BCUT2D eigenvalue weighted by molar-refractivity contribution is 7.89. The molecule has 1 fully saturated rings. The van der Waals surface area contributed by atoms with Gasteiger partial charge in [-0.25, -0.2) is 12.8 Å². The molecule has 3 rings (SSSR count). The standard InChI is InChI=1S/C15H14FNO6S/c16-10-3-1-2-9(8-10)11-5-7-23-15(11)24(21,22)17-6-4-12(18)13(17)14(19)20/h1-3,5,7-8,12-13,18H,4,6H2,(H,19,20)/t12-,13-/m0/s1. The van der Waals surface area contributed by atoms with Crippen LogP contribution in [-0.4, -0.2) is 47.6 Å². The smallest absolute Gasteiger partial charge is 0.324 e. The maximum absolute atomic E-state index is 13.4. The van der Waals surface area contributed by atoms with Gasteiger partial charge in [0, 0.05) is 12.1 Å². The van der Waals surface area contributed by atoms with Crippen LogP contribution in [0.1, 0.15) is 6.42 Å². The van der Waals surface area contributed by atoms with Gasteiger partial charge >= 0.3 is 5.97 Å². The summed E-state index contributed by atoms with van der Waals surface area (Å²) in [5, 5.41) is 18.5. The highest BCUT2D eigenvalue weighted by Gasteiger charge is 2.47. The van der Waals surface area contributed by atoms with Crippen LogP contribution in [0.25, 0.3) is 11.1 Å². The second-order valence-corrected chi connectivity index (χ2v) is 7.18. The Morgan fingerprint density at radius 1 is 1.33 bits per heavy atom. The quantitative estimate of drug-likeness (QED) is 0.856. The zero-order valence-corrected chi connectivity index (χ0v) is 13.1. The van der Waals surface area contributed by atoms with Crippen LogP contribution in [0.4, 0.5) is 4.39 Å². The number of aliphatic hydroxyl groups is 1. The summed E-state index contributed by atoms with van der Waals surface area (Å²) in [6, 6.07) is 5.09. The summed E-state index contributed by atoms with van der Waals surface area (Å²) < 4.78 is 44.8. The molecule has 1 aliphatic rings. The van der Waals surface area contributed by atoms with Gasteiger partial charge in [0.05, 0.1) is 12.4 Å². The van der Waals surface area contributed by atoms with E-state index in [1.165, 1.54) is 24.3 Å². The van der Waals surface area contributed by atoms with Crippen molar-refractivity contribution < 1.29 is 32.2 Å². The van der Waals surface area contributed by atoms with Crippen molar-refractivity contribution in [3.63, 3.8) is 0 Å². The summed E-state index contributed by atoms with van der Waals surface area (Å²) in [5.41, 5.74) is 0.411. The Hall–Kier alpha value is -2.23. The van der Waals surface area contributed by atoms with E-state index in [1.54, 1.807) is 0 Å². The topological polar surface area (TPSA) is 108 Å². The minimum atomic E-state index is -4.31. The van der Waals surface area contributed by atoms with Gasteiger partial charge in [-0.1, -0.05) is 12.1 Å². The van der Waals surface area contributed by atoms with Crippen molar-refractivity contribution in [3.05, 3.63) is 42.4 Å². The van der Waals surface area contributed by atoms with Gasteiger partial charge in [0.2, 0.25) is 5.09 Å². The predicted octanol–water partition coefficient (Wildman–Crippen LogP) is 1.29. The monoisotopic (exact) mass is 355 g/mol. The summed E-state index contributed by atoms with van der Waals surface area (Å²) in [6.45, 7) is -0.149. The maximum Gasteiger partial charge on any atom is 0.324 e. The van der Waals surface area contributed by atoms with Crippen LogP contribution >= 0.6 is 0 Å². The lowest BCUT2D eigenvalue weighted by molar-refractivity contribution is -0.143. The number of benzene rings is 1. The average Bonchev–Trinajstić information content (AvgIpc) is 3.14. The van der Waals surface area contributed by atoms with Crippen molar-refractivity contribution in [2.24, 2.45) is 0 Å². The van der Waals surface area contributed by atoms with Crippen molar-refractivity contribution in [1.82, 2.24) is 4.31 Å². The Bertz CT molecular complexity index is 878. The Kier molecular flexibility index (Phi) is 4.16. The molecule has 24 heavy (non-hydrogen) atoms. The second kappa shape index (κ2) is 6.00. The lowest BCUT2D eigenvalue weighted by Crippen LogP contribution is -2.44. The van der Waals surface area contributed by atoms with Crippen molar-refractivity contribution in [2.45, 2.75) is 23.7 Å². The molecule has 0 amide bonds. The van der Waals surface area contributed by atoms with E-state index >= 15 is 0 Å². The van der Waals surface area contributed by atoms with Gasteiger partial charge in [0.25, 0.3) is 10.0 Å². The molecule has 2 aromatic rings. The second-order valence-electron chi connectivity index (χ2n) is 5.39. The highest BCUT2D eigenvalue weighted by atomic mass is 32.2. The molecule has 0 spiro atoms. The lowest BCUT2D eigenvalue weighted by atomic mass is 10.1. The molecule has 0 saturated carbocycles. The molecule has 0 aliphatic carbocycles. The van der Waals surface area contributed by atoms with Crippen LogP contribution in [0.3, 0.4) is 0 Å². The number of rotatable bonds is 4. The third kappa shape index (κ3) is 2.70. The average molecular weight is 355 g/mol. The minimum Gasteiger partial charge on any atom is -0.480 e. The zero-order valence-electron chi connectivity index (χ0n) is 12.3. The van der Waals surface area contributed by atoms with Crippen LogP contribution in [0.5, 0.6) is 0 Å². The highest BCUT2D eigenvalue weighted by Crippen LogP contribution is 2.34. The van der Waals surface area contributed by atoms with E-state index in [1.807, 2.05) is 0 Å². The number of sulfonamides is 1. The van der Waals surface area contributed by atoms with Crippen molar-refractivity contribution in [1.29, 1.82) is 0 Å². The fraction of sp³-hybridized carbons (Fsp3) is 0.267. The molecule has 2 atom stereocenters. The number of nitrogens with zero attached hydrogens (tertiary/aromatic N) is 1. The molecule has 0 bridgehead atoms. The molecule has 1 aromatic carbocycles. The minimum absolute atomic E-state index is 0.00615. The third-order valence-corrected chi connectivity index (χ3v) is 5.69. The number of furan rings is 1. The first kappa shape index (κ1) is 16.6. The normalized spacial score (nSPS) is 21.9. The molecule has 1 aliphatic heterocycles. The Balaban J connectivity index is 2.06. The molecular weight excluding hydrogens is 341 g/mol. The number of hydrogen-bond donors (Lipinski definition) is 2. The number of aliphatic carboxylic acids is 1. The number of carboxylic acid groups (broad SMARTS) is 1. The molecule has 7 nitrogen and oxygen atoms in total. The fourth-order valence-electron chi connectivity index (χ4n) is 2.78. The van der Waals surface area contributed by atoms with Gasteiger partial charge in [-0.05, 0) is 30.2 Å².